The number of ether oxygens (including phenoxy) is 1. The van der Waals surface area contributed by atoms with Crippen molar-refractivity contribution in [2.45, 2.75) is 12.1 Å². The maximum Gasteiger partial charge on any atom is 0.322 e. The third kappa shape index (κ3) is 2.70. The summed E-state index contributed by atoms with van der Waals surface area (Å²) < 4.78 is 6.65. The van der Waals surface area contributed by atoms with E-state index in [-0.39, 0.29) is 18.6 Å². The molecular formula is C13H16N6O3. The van der Waals surface area contributed by atoms with Crippen LogP contribution in [0.5, 0.6) is 5.88 Å². The van der Waals surface area contributed by atoms with Gasteiger partial charge in [-0.1, -0.05) is 5.21 Å². The number of anilines is 1. The zero-order chi connectivity index (χ0) is 15.5. The minimum Gasteiger partial charge on any atom is -0.480 e. The number of aliphatic hydroxyl groups excluding tert-OH is 1. The summed E-state index contributed by atoms with van der Waals surface area (Å²) in [7, 11) is 1.48. The van der Waals surface area contributed by atoms with Crippen LogP contribution in [0.25, 0.3) is 0 Å². The lowest BCUT2D eigenvalue weighted by molar-refractivity contribution is 0.139. The summed E-state index contributed by atoms with van der Waals surface area (Å²) in [6.45, 7) is 0.567. The molecule has 2 aromatic heterocycles. The molecule has 0 spiro atoms. The number of nitrogens with zero attached hydrogens (tertiary/aromatic N) is 5. The number of pyridine rings is 1. The molecule has 0 unspecified atom stereocenters. The summed E-state index contributed by atoms with van der Waals surface area (Å²) >= 11 is 0. The van der Waals surface area contributed by atoms with Crippen LogP contribution >= 0.6 is 0 Å². The first-order valence-electron chi connectivity index (χ1n) is 6.78. The number of methoxy groups -OCH3 is 1. The number of amides is 2. The Morgan fingerprint density at radius 1 is 1.45 bits per heavy atom. The molecule has 0 aromatic carbocycles. The Kier molecular flexibility index (Phi) is 3.88. The number of β-amino-alcohol motifs (C(OH)–C–C–N with tert-alkyl or cyclic N) is 1. The van der Waals surface area contributed by atoms with Gasteiger partial charge in [0.05, 0.1) is 32.0 Å². The predicted molar refractivity (Wildman–Crippen MR) is 76.4 cm³/mol. The van der Waals surface area contributed by atoms with E-state index in [1.54, 1.807) is 29.2 Å². The first-order chi connectivity index (χ1) is 10.7. The Morgan fingerprint density at radius 2 is 2.32 bits per heavy atom. The lowest BCUT2D eigenvalue weighted by Crippen LogP contribution is -2.34. The summed E-state index contributed by atoms with van der Waals surface area (Å²) in [6.07, 6.45) is 4.09. The molecule has 1 aliphatic heterocycles. The molecule has 1 saturated heterocycles. The summed E-state index contributed by atoms with van der Waals surface area (Å²) in [4.78, 5) is 17.9. The number of carbonyl (C=O) groups excluding carboxylic acids is 1. The second kappa shape index (κ2) is 5.98. The molecule has 3 rings (SSSR count). The van der Waals surface area contributed by atoms with E-state index in [0.717, 1.165) is 0 Å². The van der Waals surface area contributed by atoms with Gasteiger partial charge in [0.2, 0.25) is 5.88 Å². The molecule has 3 heterocycles. The van der Waals surface area contributed by atoms with E-state index < -0.39 is 6.10 Å². The van der Waals surface area contributed by atoms with Crippen LogP contribution in [0, 0.1) is 0 Å². The summed E-state index contributed by atoms with van der Waals surface area (Å²) in [5, 5.41) is 20.4. The summed E-state index contributed by atoms with van der Waals surface area (Å²) in [5.74, 6) is 0.337. The molecule has 9 heteroatoms. The van der Waals surface area contributed by atoms with E-state index >= 15 is 0 Å². The Hall–Kier alpha value is -2.68. The fourth-order valence-electron chi connectivity index (χ4n) is 2.43. The molecule has 0 radical (unpaired) electrons. The van der Waals surface area contributed by atoms with Crippen molar-refractivity contribution < 1.29 is 14.6 Å². The van der Waals surface area contributed by atoms with Crippen molar-refractivity contribution in [1.82, 2.24) is 24.9 Å². The number of nitrogens with one attached hydrogen (secondary N) is 1. The second-order valence-electron chi connectivity index (χ2n) is 4.91. The molecule has 2 N–H and O–H groups in total. The lowest BCUT2D eigenvalue weighted by atomic mass is 10.2. The minimum absolute atomic E-state index is 0.221. The van der Waals surface area contributed by atoms with Crippen LogP contribution in [-0.4, -0.2) is 62.3 Å². The Bertz CT molecular complexity index is 647. The standard InChI is InChI=1S/C13H16N6O3/c1-22-12-9(3-2-4-14-12)16-13(21)18-7-10(11(20)8-18)19-6-5-15-17-19/h2-6,10-11,20H,7-8H2,1H3,(H,16,21)/t10-,11-/m1/s1. The van der Waals surface area contributed by atoms with Gasteiger partial charge >= 0.3 is 6.03 Å². The monoisotopic (exact) mass is 304 g/mol. The highest BCUT2D eigenvalue weighted by Crippen LogP contribution is 2.24. The quantitative estimate of drug-likeness (QED) is 0.835. The van der Waals surface area contributed by atoms with Crippen LogP contribution in [-0.2, 0) is 0 Å². The van der Waals surface area contributed by atoms with E-state index in [1.807, 2.05) is 0 Å². The van der Waals surface area contributed by atoms with E-state index in [1.165, 1.54) is 18.2 Å². The molecule has 2 aromatic rings. The van der Waals surface area contributed by atoms with E-state index in [9.17, 15) is 9.90 Å². The average Bonchev–Trinajstić information content (AvgIpc) is 3.16. The molecule has 2 atom stereocenters. The second-order valence-corrected chi connectivity index (χ2v) is 4.91. The third-order valence-electron chi connectivity index (χ3n) is 3.53. The van der Waals surface area contributed by atoms with Crippen LogP contribution in [0.4, 0.5) is 10.5 Å². The van der Waals surface area contributed by atoms with Gasteiger partial charge in [-0.2, -0.15) is 0 Å². The molecule has 1 aliphatic rings. The van der Waals surface area contributed by atoms with Crippen molar-refractivity contribution in [1.29, 1.82) is 0 Å². The number of hydrogen-bond acceptors (Lipinski definition) is 6. The Balaban J connectivity index is 1.69. The van der Waals surface area contributed by atoms with Crippen molar-refractivity contribution in [2.75, 3.05) is 25.5 Å². The smallest absolute Gasteiger partial charge is 0.322 e. The minimum atomic E-state index is -0.691. The van der Waals surface area contributed by atoms with Gasteiger partial charge in [-0.25, -0.2) is 14.5 Å². The highest BCUT2D eigenvalue weighted by molar-refractivity contribution is 5.90. The molecule has 116 valence electrons. The average molecular weight is 304 g/mol. The number of likely N-dealkylation sites (tertiary alicyclic amines) is 1. The van der Waals surface area contributed by atoms with Crippen LogP contribution in [0.2, 0.25) is 0 Å². The van der Waals surface area contributed by atoms with Gasteiger partial charge in [0.1, 0.15) is 5.69 Å². The van der Waals surface area contributed by atoms with Gasteiger partial charge in [0, 0.05) is 18.9 Å². The van der Waals surface area contributed by atoms with Gasteiger partial charge in [0.15, 0.2) is 0 Å². The topological polar surface area (TPSA) is 105 Å². The first-order valence-corrected chi connectivity index (χ1v) is 6.78. The van der Waals surface area contributed by atoms with Crippen LogP contribution in [0.15, 0.2) is 30.7 Å². The predicted octanol–water partition coefficient (Wildman–Crippen LogP) is 0.131. The van der Waals surface area contributed by atoms with Crippen molar-refractivity contribution in [3.05, 3.63) is 30.7 Å². The molecule has 9 nitrogen and oxygen atoms in total. The Morgan fingerprint density at radius 3 is 3.05 bits per heavy atom. The van der Waals surface area contributed by atoms with Gasteiger partial charge in [-0.05, 0) is 12.1 Å². The maximum absolute atomic E-state index is 12.3. The number of rotatable bonds is 3. The number of aliphatic hydroxyl groups is 1. The molecule has 2 amide bonds. The third-order valence-corrected chi connectivity index (χ3v) is 3.53. The largest absolute Gasteiger partial charge is 0.480 e. The molecule has 0 aliphatic carbocycles. The molecule has 0 saturated carbocycles. The number of urea groups is 1. The van der Waals surface area contributed by atoms with Crippen LogP contribution in [0.3, 0.4) is 0 Å². The molecule has 22 heavy (non-hydrogen) atoms. The number of carbonyl (C=O) groups is 1. The SMILES string of the molecule is COc1ncccc1NC(=O)N1C[C@@H](O)[C@H](n2ccnn2)C1. The van der Waals surface area contributed by atoms with Gasteiger partial charge in [-0.15, -0.1) is 5.10 Å². The lowest BCUT2D eigenvalue weighted by Gasteiger charge is -2.17. The maximum atomic E-state index is 12.3. The highest BCUT2D eigenvalue weighted by atomic mass is 16.5. The van der Waals surface area contributed by atoms with Crippen molar-refractivity contribution in [3.8, 4) is 5.88 Å². The van der Waals surface area contributed by atoms with Gasteiger partial charge in [0.25, 0.3) is 0 Å². The van der Waals surface area contributed by atoms with Crippen LogP contribution in [0.1, 0.15) is 6.04 Å². The van der Waals surface area contributed by atoms with E-state index in [2.05, 4.69) is 20.6 Å². The molecule has 0 bridgehead atoms. The van der Waals surface area contributed by atoms with Crippen molar-refractivity contribution in [3.63, 3.8) is 0 Å². The Labute approximate surface area is 126 Å². The van der Waals surface area contributed by atoms with Crippen molar-refractivity contribution in [2.24, 2.45) is 0 Å². The highest BCUT2D eigenvalue weighted by Gasteiger charge is 2.36. The normalized spacial score (nSPS) is 20.9. The summed E-state index contributed by atoms with van der Waals surface area (Å²) in [5.41, 5.74) is 0.480. The first kappa shape index (κ1) is 14.3. The fraction of sp³-hybridized carbons (Fsp3) is 0.385. The van der Waals surface area contributed by atoms with E-state index in [0.29, 0.717) is 18.1 Å². The van der Waals surface area contributed by atoms with Gasteiger partial charge < -0.3 is 20.1 Å². The number of aromatic nitrogens is 4. The van der Waals surface area contributed by atoms with Gasteiger partial charge in [-0.3, -0.25) is 0 Å². The fourth-order valence-corrected chi connectivity index (χ4v) is 2.43. The van der Waals surface area contributed by atoms with Crippen LogP contribution < -0.4 is 10.1 Å². The van der Waals surface area contributed by atoms with E-state index in [4.69, 9.17) is 4.74 Å². The number of hydrogen-bond donors (Lipinski definition) is 2. The summed E-state index contributed by atoms with van der Waals surface area (Å²) in [6, 6.07) is 2.78. The zero-order valence-corrected chi connectivity index (χ0v) is 12.0. The molecule has 1 fully saturated rings. The molecular weight excluding hydrogens is 288 g/mol. The zero-order valence-electron chi connectivity index (χ0n) is 12.0. The van der Waals surface area contributed by atoms with Crippen molar-refractivity contribution >= 4 is 11.7 Å².